The summed E-state index contributed by atoms with van der Waals surface area (Å²) in [5, 5.41) is 5.67. The fourth-order valence-electron chi connectivity index (χ4n) is 5.74. The molecule has 0 aliphatic rings. The highest BCUT2D eigenvalue weighted by molar-refractivity contribution is 9.11. The molecule has 4 nitrogen and oxygen atoms in total. The van der Waals surface area contributed by atoms with Gasteiger partial charge in [0.15, 0.2) is 0 Å². The van der Waals surface area contributed by atoms with Gasteiger partial charge in [-0.15, -0.1) is 0 Å². The average Bonchev–Trinajstić information content (AvgIpc) is 3.09. The highest BCUT2D eigenvalue weighted by atomic mass is 79.9. The van der Waals surface area contributed by atoms with Crippen molar-refractivity contribution in [1.82, 2.24) is 0 Å². The molecule has 0 aliphatic carbocycles. The second kappa shape index (κ2) is 16.9. The first-order chi connectivity index (χ1) is 23.3. The first-order valence-corrected chi connectivity index (χ1v) is 17.2. The Hall–Kier alpha value is -4.78. The second-order valence-electron chi connectivity index (χ2n) is 11.3. The molecule has 2 amide bonds. The van der Waals surface area contributed by atoms with Crippen LogP contribution in [-0.2, 0) is 9.59 Å². The van der Waals surface area contributed by atoms with Gasteiger partial charge in [-0.3, -0.25) is 9.59 Å². The van der Waals surface area contributed by atoms with Gasteiger partial charge in [-0.1, -0.05) is 133 Å². The van der Waals surface area contributed by atoms with Gasteiger partial charge in [0.05, 0.1) is 11.4 Å². The van der Waals surface area contributed by atoms with Gasteiger partial charge in [0.1, 0.15) is 0 Å². The molecule has 0 fully saturated rings. The smallest absolute Gasteiger partial charge is 0.221 e. The quantitative estimate of drug-likeness (QED) is 0.152. The first kappa shape index (κ1) is 34.6. The predicted octanol–water partition coefficient (Wildman–Crippen LogP) is 11.2. The van der Waals surface area contributed by atoms with Gasteiger partial charge >= 0.3 is 0 Å². The lowest BCUT2D eigenvalue weighted by Gasteiger charge is -2.20. The summed E-state index contributed by atoms with van der Waals surface area (Å²) < 4.78 is 1.76. The van der Waals surface area contributed by atoms with Crippen molar-refractivity contribution in [2.24, 2.45) is 0 Å². The van der Waals surface area contributed by atoms with Crippen LogP contribution in [0.2, 0.25) is 0 Å². The van der Waals surface area contributed by atoms with Gasteiger partial charge in [0.25, 0.3) is 0 Å². The Morgan fingerprint density at radius 3 is 0.917 bits per heavy atom. The van der Waals surface area contributed by atoms with Crippen molar-refractivity contribution >= 4 is 55.0 Å². The molecule has 0 radical (unpaired) electrons. The number of rotatable bonds is 8. The van der Waals surface area contributed by atoms with E-state index in [0.29, 0.717) is 0 Å². The molecule has 0 aromatic heterocycles. The molecule has 0 spiro atoms. The number of anilines is 2. The summed E-state index contributed by atoms with van der Waals surface area (Å²) in [7, 11) is 0. The molecule has 0 heterocycles. The van der Waals surface area contributed by atoms with Crippen LogP contribution in [0.4, 0.5) is 11.4 Å². The number of carbonyl (C=O) groups excluding carboxylic acids is 2. The van der Waals surface area contributed by atoms with Crippen molar-refractivity contribution in [3.05, 3.63) is 200 Å². The van der Waals surface area contributed by atoms with Crippen molar-refractivity contribution in [3.8, 4) is 0 Å². The lowest BCUT2D eigenvalue weighted by Crippen LogP contribution is -2.08. The van der Waals surface area contributed by atoms with Crippen LogP contribution < -0.4 is 10.6 Å². The Balaban J connectivity index is 0.000000188. The van der Waals surface area contributed by atoms with E-state index in [-0.39, 0.29) is 23.7 Å². The minimum atomic E-state index is -0.0777. The third-order valence-corrected chi connectivity index (χ3v) is 9.12. The summed E-state index contributed by atoms with van der Waals surface area (Å²) in [5.74, 6) is 0.141. The van der Waals surface area contributed by atoms with Crippen LogP contribution in [0.5, 0.6) is 0 Å². The lowest BCUT2D eigenvalue weighted by molar-refractivity contribution is -0.115. The van der Waals surface area contributed by atoms with Crippen molar-refractivity contribution < 1.29 is 9.59 Å². The topological polar surface area (TPSA) is 58.2 Å². The average molecular weight is 761 g/mol. The van der Waals surface area contributed by atoms with Gasteiger partial charge in [0, 0.05) is 34.6 Å². The van der Waals surface area contributed by atoms with E-state index in [1.165, 1.54) is 47.2 Å². The van der Waals surface area contributed by atoms with Crippen LogP contribution in [0, 0.1) is 0 Å². The van der Waals surface area contributed by atoms with Gasteiger partial charge < -0.3 is 10.6 Å². The maximum absolute atomic E-state index is 11.3. The largest absolute Gasteiger partial charge is 0.325 e. The number of hydrogen-bond acceptors (Lipinski definition) is 2. The van der Waals surface area contributed by atoms with E-state index in [4.69, 9.17) is 0 Å². The van der Waals surface area contributed by atoms with Gasteiger partial charge in [-0.2, -0.15) is 0 Å². The first-order valence-electron chi connectivity index (χ1n) is 15.6. The molecule has 6 aromatic rings. The standard InChI is InChI=1S/2C21H18BrNO/c2*1-15(24)23-20-13-12-18(14-19(20)22)21(16-8-4-2-5-9-16)17-10-6-3-7-11-17/h2*2-14,21H,1H3,(H,23,24). The summed E-state index contributed by atoms with van der Waals surface area (Å²) in [5.41, 5.74) is 8.87. The van der Waals surface area contributed by atoms with Crippen LogP contribution >= 0.6 is 31.9 Å². The van der Waals surface area contributed by atoms with Crippen molar-refractivity contribution in [3.63, 3.8) is 0 Å². The molecule has 2 N–H and O–H groups in total. The highest BCUT2D eigenvalue weighted by Gasteiger charge is 2.19. The normalized spacial score (nSPS) is 10.6. The molecule has 0 atom stereocenters. The second-order valence-corrected chi connectivity index (χ2v) is 13.1. The highest BCUT2D eigenvalue weighted by Crippen LogP contribution is 2.36. The third kappa shape index (κ3) is 9.18. The van der Waals surface area contributed by atoms with Crippen LogP contribution in [0.3, 0.4) is 0 Å². The fourth-order valence-corrected chi connectivity index (χ4v) is 6.73. The monoisotopic (exact) mass is 758 g/mol. The Morgan fingerprint density at radius 1 is 0.417 bits per heavy atom. The van der Waals surface area contributed by atoms with Crippen LogP contribution in [0.1, 0.15) is 59.1 Å². The molecule has 0 saturated heterocycles. The zero-order valence-corrected chi connectivity index (χ0v) is 29.9. The molecule has 0 aliphatic heterocycles. The number of amides is 2. The lowest BCUT2D eigenvalue weighted by atomic mass is 9.85. The molecular formula is C42H36Br2N2O2. The minimum Gasteiger partial charge on any atom is -0.325 e. The van der Waals surface area contributed by atoms with Gasteiger partial charge in [-0.05, 0) is 89.5 Å². The minimum absolute atomic E-state index is 0.0777. The van der Waals surface area contributed by atoms with Crippen LogP contribution in [0.25, 0.3) is 0 Å². The van der Waals surface area contributed by atoms with E-state index in [2.05, 4.69) is 164 Å². The zero-order chi connectivity index (χ0) is 33.9. The molecule has 0 bridgehead atoms. The Labute approximate surface area is 299 Å². The fraction of sp³-hybridized carbons (Fsp3) is 0.0952. The number of nitrogens with one attached hydrogen (secondary N) is 2. The summed E-state index contributed by atoms with van der Waals surface area (Å²) in [6.45, 7) is 3.02. The maximum atomic E-state index is 11.3. The van der Waals surface area contributed by atoms with Gasteiger partial charge in [0.2, 0.25) is 11.8 Å². The number of hydrogen-bond donors (Lipinski definition) is 2. The maximum Gasteiger partial charge on any atom is 0.221 e. The van der Waals surface area contributed by atoms with E-state index in [1.807, 2.05) is 36.4 Å². The Bertz CT molecular complexity index is 1730. The molecule has 0 saturated carbocycles. The number of carbonyl (C=O) groups is 2. The Morgan fingerprint density at radius 2 is 0.688 bits per heavy atom. The zero-order valence-electron chi connectivity index (χ0n) is 26.7. The summed E-state index contributed by atoms with van der Waals surface area (Å²) >= 11 is 7.15. The van der Waals surface area contributed by atoms with Crippen LogP contribution in [0.15, 0.2) is 167 Å². The number of benzene rings is 6. The molecule has 6 heteroatoms. The molecular weight excluding hydrogens is 724 g/mol. The summed E-state index contributed by atoms with van der Waals surface area (Å²) in [6, 6.07) is 54.0. The molecule has 6 aromatic carbocycles. The molecule has 0 unspecified atom stereocenters. The van der Waals surface area contributed by atoms with Crippen molar-refractivity contribution in [2.75, 3.05) is 10.6 Å². The SMILES string of the molecule is CC(=O)Nc1ccc(C(c2ccccc2)c2ccccc2)cc1Br.CC(=O)Nc1ccc(C(c2ccccc2)c2ccccc2)cc1Br. The summed E-state index contributed by atoms with van der Waals surface area (Å²) in [4.78, 5) is 22.6. The van der Waals surface area contributed by atoms with Crippen molar-refractivity contribution in [2.45, 2.75) is 25.7 Å². The van der Waals surface area contributed by atoms with Crippen molar-refractivity contribution in [1.29, 1.82) is 0 Å². The Kier molecular flexibility index (Phi) is 12.1. The third-order valence-electron chi connectivity index (χ3n) is 7.81. The van der Waals surface area contributed by atoms with E-state index < -0.39 is 0 Å². The van der Waals surface area contributed by atoms with E-state index in [9.17, 15) is 9.59 Å². The molecule has 48 heavy (non-hydrogen) atoms. The van der Waals surface area contributed by atoms with E-state index >= 15 is 0 Å². The van der Waals surface area contributed by atoms with E-state index in [1.54, 1.807) is 0 Å². The molecule has 240 valence electrons. The van der Waals surface area contributed by atoms with Crippen LogP contribution in [-0.4, -0.2) is 11.8 Å². The van der Waals surface area contributed by atoms with Gasteiger partial charge in [-0.25, -0.2) is 0 Å². The number of halogens is 2. The van der Waals surface area contributed by atoms with E-state index in [0.717, 1.165) is 20.3 Å². The summed E-state index contributed by atoms with van der Waals surface area (Å²) in [6.07, 6.45) is 0. The molecule has 6 rings (SSSR count). The predicted molar refractivity (Wildman–Crippen MR) is 205 cm³/mol.